The number of amides is 1. The number of nitrogens with zero attached hydrogens (tertiary/aromatic N) is 3. The third-order valence-corrected chi connectivity index (χ3v) is 5.14. The van der Waals surface area contributed by atoms with Crippen LogP contribution in [0.5, 0.6) is 0 Å². The molecule has 2 aromatic heterocycles. The molecule has 2 aromatic rings. The van der Waals surface area contributed by atoms with Crippen LogP contribution in [0.1, 0.15) is 60.8 Å². The van der Waals surface area contributed by atoms with Gasteiger partial charge in [0, 0.05) is 23.9 Å². The van der Waals surface area contributed by atoms with Gasteiger partial charge in [-0.15, -0.1) is 11.3 Å². The molecule has 1 saturated heterocycles. The predicted molar refractivity (Wildman–Crippen MR) is 84.8 cm³/mol. The molecule has 22 heavy (non-hydrogen) atoms. The Kier molecular flexibility index (Phi) is 4.29. The summed E-state index contributed by atoms with van der Waals surface area (Å²) in [7, 11) is 0. The number of carbonyl (C=O) groups is 1. The number of rotatable bonds is 4. The first-order chi connectivity index (χ1) is 10.5. The van der Waals surface area contributed by atoms with Crippen LogP contribution in [0.4, 0.5) is 0 Å². The van der Waals surface area contributed by atoms with Crippen molar-refractivity contribution in [3.8, 4) is 0 Å². The molecule has 1 aliphatic rings. The van der Waals surface area contributed by atoms with Gasteiger partial charge in [0.1, 0.15) is 0 Å². The third-order valence-electron chi connectivity index (χ3n) is 3.94. The van der Waals surface area contributed by atoms with E-state index in [1.807, 2.05) is 23.3 Å². The largest absolute Gasteiger partial charge is 0.359 e. The van der Waals surface area contributed by atoms with Crippen LogP contribution in [0, 0.1) is 6.92 Å². The second kappa shape index (κ2) is 6.20. The van der Waals surface area contributed by atoms with Crippen LogP contribution in [-0.2, 0) is 11.2 Å². The summed E-state index contributed by atoms with van der Waals surface area (Å²) in [6.45, 7) is 6.92. The minimum absolute atomic E-state index is 0.0249. The first kappa shape index (κ1) is 15.2. The average molecular weight is 319 g/mol. The summed E-state index contributed by atoms with van der Waals surface area (Å²) < 4.78 is 5.36. The number of hydrogen-bond acceptors (Lipinski definition) is 5. The lowest BCUT2D eigenvalue weighted by molar-refractivity contribution is -0.131. The number of carbonyl (C=O) groups excluding carboxylic acids is 1. The van der Waals surface area contributed by atoms with E-state index in [0.717, 1.165) is 41.5 Å². The van der Waals surface area contributed by atoms with E-state index in [2.05, 4.69) is 24.0 Å². The van der Waals surface area contributed by atoms with E-state index >= 15 is 0 Å². The molecule has 6 heteroatoms. The van der Waals surface area contributed by atoms with Gasteiger partial charge in [-0.25, -0.2) is 4.98 Å². The van der Waals surface area contributed by atoms with Crippen molar-refractivity contribution in [3.05, 3.63) is 33.6 Å². The third kappa shape index (κ3) is 3.06. The molecule has 118 valence electrons. The van der Waals surface area contributed by atoms with Crippen LogP contribution in [-0.4, -0.2) is 27.5 Å². The van der Waals surface area contributed by atoms with E-state index in [1.165, 1.54) is 0 Å². The van der Waals surface area contributed by atoms with Crippen molar-refractivity contribution in [2.45, 2.75) is 52.0 Å². The SMILES string of the molecule is Cc1cc([C@H]2CCCN2C(=O)Cc2csc(C(C)C)n2)on1. The molecule has 3 rings (SSSR count). The van der Waals surface area contributed by atoms with Gasteiger partial charge in [0.2, 0.25) is 5.91 Å². The van der Waals surface area contributed by atoms with Crippen LogP contribution in [0.25, 0.3) is 0 Å². The minimum Gasteiger partial charge on any atom is -0.359 e. The number of thiazole rings is 1. The normalized spacial score (nSPS) is 18.4. The molecular weight excluding hydrogens is 298 g/mol. The van der Waals surface area contributed by atoms with Crippen molar-refractivity contribution >= 4 is 17.2 Å². The smallest absolute Gasteiger partial charge is 0.229 e. The highest BCUT2D eigenvalue weighted by Crippen LogP contribution is 2.32. The van der Waals surface area contributed by atoms with E-state index in [0.29, 0.717) is 12.3 Å². The molecule has 0 spiro atoms. The number of aromatic nitrogens is 2. The Hall–Kier alpha value is -1.69. The molecule has 0 radical (unpaired) electrons. The number of likely N-dealkylation sites (tertiary alicyclic amines) is 1. The zero-order valence-corrected chi connectivity index (χ0v) is 14.0. The number of hydrogen-bond donors (Lipinski definition) is 0. The molecule has 1 amide bonds. The maximum absolute atomic E-state index is 12.6. The summed E-state index contributed by atoms with van der Waals surface area (Å²) in [6, 6.07) is 1.95. The van der Waals surface area contributed by atoms with Gasteiger partial charge in [-0.05, 0) is 19.8 Å². The first-order valence-corrected chi connectivity index (χ1v) is 8.59. The topological polar surface area (TPSA) is 59.2 Å². The molecule has 0 aliphatic carbocycles. The highest BCUT2D eigenvalue weighted by atomic mass is 32.1. The Balaban J connectivity index is 1.70. The Bertz CT molecular complexity index is 662. The highest BCUT2D eigenvalue weighted by Gasteiger charge is 2.32. The molecule has 1 aliphatic heterocycles. The molecule has 1 atom stereocenters. The van der Waals surface area contributed by atoms with Gasteiger partial charge >= 0.3 is 0 Å². The summed E-state index contributed by atoms with van der Waals surface area (Å²) in [5, 5.41) is 7.02. The lowest BCUT2D eigenvalue weighted by atomic mass is 10.1. The van der Waals surface area contributed by atoms with Crippen LogP contribution in [0.2, 0.25) is 0 Å². The molecule has 0 saturated carbocycles. The minimum atomic E-state index is 0.0249. The predicted octanol–water partition coefficient (Wildman–Crippen LogP) is 3.47. The van der Waals surface area contributed by atoms with Crippen molar-refractivity contribution in [1.82, 2.24) is 15.0 Å². The van der Waals surface area contributed by atoms with Crippen molar-refractivity contribution in [2.75, 3.05) is 6.54 Å². The summed E-state index contributed by atoms with van der Waals surface area (Å²) in [5.41, 5.74) is 1.73. The summed E-state index contributed by atoms with van der Waals surface area (Å²) in [4.78, 5) is 19.1. The molecule has 5 nitrogen and oxygen atoms in total. The Labute approximate surface area is 134 Å². The fourth-order valence-electron chi connectivity index (χ4n) is 2.83. The number of aryl methyl sites for hydroxylation is 1. The fraction of sp³-hybridized carbons (Fsp3) is 0.562. The summed E-state index contributed by atoms with van der Waals surface area (Å²) in [6.07, 6.45) is 2.31. The lowest BCUT2D eigenvalue weighted by Crippen LogP contribution is -2.31. The fourth-order valence-corrected chi connectivity index (χ4v) is 3.66. The first-order valence-electron chi connectivity index (χ1n) is 7.71. The maximum atomic E-state index is 12.6. The van der Waals surface area contributed by atoms with E-state index in [-0.39, 0.29) is 11.9 Å². The maximum Gasteiger partial charge on any atom is 0.229 e. The van der Waals surface area contributed by atoms with Crippen molar-refractivity contribution < 1.29 is 9.32 Å². The molecule has 0 bridgehead atoms. The molecule has 0 aromatic carbocycles. The van der Waals surface area contributed by atoms with Crippen LogP contribution < -0.4 is 0 Å². The zero-order chi connectivity index (χ0) is 15.7. The van der Waals surface area contributed by atoms with Crippen molar-refractivity contribution in [1.29, 1.82) is 0 Å². The summed E-state index contributed by atoms with van der Waals surface area (Å²) >= 11 is 1.63. The van der Waals surface area contributed by atoms with E-state index in [4.69, 9.17) is 4.52 Å². The van der Waals surface area contributed by atoms with Gasteiger partial charge in [-0.2, -0.15) is 0 Å². The standard InChI is InChI=1S/C16H21N3O2S/c1-10(2)16-17-12(9-22-16)8-15(20)19-6-4-5-13(19)14-7-11(3)18-21-14/h7,9-10,13H,4-6,8H2,1-3H3/t13-/m1/s1. The van der Waals surface area contributed by atoms with E-state index in [9.17, 15) is 4.79 Å². The van der Waals surface area contributed by atoms with Crippen LogP contribution >= 0.6 is 11.3 Å². The molecule has 1 fully saturated rings. The molecular formula is C16H21N3O2S. The van der Waals surface area contributed by atoms with Crippen molar-refractivity contribution in [3.63, 3.8) is 0 Å². The van der Waals surface area contributed by atoms with Gasteiger partial charge in [-0.1, -0.05) is 19.0 Å². The van der Waals surface area contributed by atoms with E-state index < -0.39 is 0 Å². The van der Waals surface area contributed by atoms with Gasteiger partial charge in [0.15, 0.2) is 5.76 Å². The van der Waals surface area contributed by atoms with Crippen LogP contribution in [0.3, 0.4) is 0 Å². The van der Waals surface area contributed by atoms with Gasteiger partial charge in [0.05, 0.1) is 28.9 Å². The lowest BCUT2D eigenvalue weighted by Gasteiger charge is -2.22. The monoisotopic (exact) mass is 319 g/mol. The Morgan fingerprint density at radius 2 is 2.36 bits per heavy atom. The second-order valence-electron chi connectivity index (χ2n) is 6.12. The summed E-state index contributed by atoms with van der Waals surface area (Å²) in [5.74, 6) is 1.33. The second-order valence-corrected chi connectivity index (χ2v) is 7.01. The molecule has 0 N–H and O–H groups in total. The van der Waals surface area contributed by atoms with Crippen molar-refractivity contribution in [2.24, 2.45) is 0 Å². The zero-order valence-electron chi connectivity index (χ0n) is 13.2. The van der Waals surface area contributed by atoms with Gasteiger partial charge in [-0.3, -0.25) is 4.79 Å². The average Bonchev–Trinajstić information content (AvgIpc) is 3.16. The highest BCUT2D eigenvalue weighted by molar-refractivity contribution is 7.09. The molecule has 3 heterocycles. The van der Waals surface area contributed by atoms with Crippen LogP contribution in [0.15, 0.2) is 16.0 Å². The molecule has 0 unspecified atom stereocenters. The van der Waals surface area contributed by atoms with Gasteiger partial charge in [0.25, 0.3) is 0 Å². The van der Waals surface area contributed by atoms with E-state index in [1.54, 1.807) is 11.3 Å². The van der Waals surface area contributed by atoms with Gasteiger partial charge < -0.3 is 9.42 Å². The quantitative estimate of drug-likeness (QED) is 0.866. The Morgan fingerprint density at radius 1 is 1.55 bits per heavy atom. The Morgan fingerprint density at radius 3 is 3.00 bits per heavy atom.